The first kappa shape index (κ1) is 11.1. The summed E-state index contributed by atoms with van der Waals surface area (Å²) in [5.41, 5.74) is 4.10. The van der Waals surface area contributed by atoms with Crippen molar-refractivity contribution in [2.24, 2.45) is 10.2 Å². The molecule has 1 aliphatic heterocycles. The van der Waals surface area contributed by atoms with Crippen molar-refractivity contribution in [1.29, 1.82) is 0 Å². The Morgan fingerprint density at radius 3 is 3.00 bits per heavy atom. The molecule has 0 aliphatic carbocycles. The molecule has 3 rings (SSSR count). The fraction of sp³-hybridized carbons (Fsp3) is 0.385. The lowest BCUT2D eigenvalue weighted by Crippen LogP contribution is -2.11. The SMILES string of the molecule is CCCC1=NN=C(c2ncc3ccc(C)n3n2)C1. The van der Waals surface area contributed by atoms with E-state index >= 15 is 0 Å². The molecule has 0 aromatic carbocycles. The minimum Gasteiger partial charge on any atom is -0.234 e. The highest BCUT2D eigenvalue weighted by Crippen LogP contribution is 2.13. The molecule has 92 valence electrons. The molecule has 0 bridgehead atoms. The third-order valence-corrected chi connectivity index (χ3v) is 3.07. The number of hydrogen-bond acceptors (Lipinski definition) is 4. The topological polar surface area (TPSA) is 54.9 Å². The van der Waals surface area contributed by atoms with Gasteiger partial charge in [0.1, 0.15) is 5.71 Å². The highest BCUT2D eigenvalue weighted by atomic mass is 15.3. The minimum atomic E-state index is 0.677. The first-order chi connectivity index (χ1) is 8.78. The van der Waals surface area contributed by atoms with Crippen LogP contribution in [-0.4, -0.2) is 26.0 Å². The van der Waals surface area contributed by atoms with Gasteiger partial charge in [-0.25, -0.2) is 9.50 Å². The van der Waals surface area contributed by atoms with Gasteiger partial charge in [-0.15, -0.1) is 5.10 Å². The molecule has 2 aromatic heterocycles. The van der Waals surface area contributed by atoms with Crippen molar-refractivity contribution < 1.29 is 0 Å². The molecule has 0 radical (unpaired) electrons. The van der Waals surface area contributed by atoms with Crippen molar-refractivity contribution in [1.82, 2.24) is 14.6 Å². The minimum absolute atomic E-state index is 0.677. The van der Waals surface area contributed by atoms with Crippen LogP contribution in [0.15, 0.2) is 28.5 Å². The molecule has 0 N–H and O–H groups in total. The van der Waals surface area contributed by atoms with Gasteiger partial charge in [0.25, 0.3) is 0 Å². The van der Waals surface area contributed by atoms with Gasteiger partial charge in [-0.1, -0.05) is 13.3 Å². The zero-order valence-electron chi connectivity index (χ0n) is 10.6. The normalized spacial score (nSPS) is 15.0. The maximum atomic E-state index is 4.51. The second kappa shape index (κ2) is 4.33. The summed E-state index contributed by atoms with van der Waals surface area (Å²) in [6.07, 6.45) is 4.70. The van der Waals surface area contributed by atoms with Gasteiger partial charge in [-0.3, -0.25) is 0 Å². The first-order valence-electron chi connectivity index (χ1n) is 6.22. The third-order valence-electron chi connectivity index (χ3n) is 3.07. The standard InChI is InChI=1S/C13H15N5/c1-3-4-10-7-12(16-15-10)13-14-8-11-6-5-9(2)18(11)17-13/h5-6,8H,3-4,7H2,1-2H3. The van der Waals surface area contributed by atoms with Gasteiger partial charge in [0.05, 0.1) is 11.7 Å². The summed E-state index contributed by atoms with van der Waals surface area (Å²) < 4.78 is 1.89. The van der Waals surface area contributed by atoms with Crippen LogP contribution in [0.25, 0.3) is 5.52 Å². The summed E-state index contributed by atoms with van der Waals surface area (Å²) in [5.74, 6) is 0.677. The molecule has 0 saturated heterocycles. The van der Waals surface area contributed by atoms with E-state index in [1.165, 1.54) is 0 Å². The lowest BCUT2D eigenvalue weighted by atomic mass is 10.1. The maximum Gasteiger partial charge on any atom is 0.196 e. The van der Waals surface area contributed by atoms with Crippen molar-refractivity contribution in [3.63, 3.8) is 0 Å². The highest BCUT2D eigenvalue weighted by molar-refractivity contribution is 6.13. The summed E-state index contributed by atoms with van der Waals surface area (Å²) in [7, 11) is 0. The molecule has 0 spiro atoms. The molecule has 0 fully saturated rings. The number of fused-ring (bicyclic) bond motifs is 1. The Labute approximate surface area is 105 Å². The van der Waals surface area contributed by atoms with E-state index in [2.05, 4.69) is 27.2 Å². The predicted molar refractivity (Wildman–Crippen MR) is 71.2 cm³/mol. The molecular weight excluding hydrogens is 226 g/mol. The van der Waals surface area contributed by atoms with Crippen molar-refractivity contribution >= 4 is 16.9 Å². The molecule has 2 aromatic rings. The van der Waals surface area contributed by atoms with Crippen molar-refractivity contribution in [3.05, 3.63) is 29.8 Å². The third kappa shape index (κ3) is 1.81. The van der Waals surface area contributed by atoms with Gasteiger partial charge in [0.15, 0.2) is 5.82 Å². The van der Waals surface area contributed by atoms with E-state index < -0.39 is 0 Å². The summed E-state index contributed by atoms with van der Waals surface area (Å²) >= 11 is 0. The smallest absolute Gasteiger partial charge is 0.196 e. The van der Waals surface area contributed by atoms with Crippen LogP contribution in [0.1, 0.15) is 37.7 Å². The van der Waals surface area contributed by atoms with Crippen LogP contribution in [0.4, 0.5) is 0 Å². The summed E-state index contributed by atoms with van der Waals surface area (Å²) in [5, 5.41) is 12.9. The number of nitrogens with zero attached hydrogens (tertiary/aromatic N) is 5. The Balaban J connectivity index is 1.90. The zero-order valence-corrected chi connectivity index (χ0v) is 10.6. The lowest BCUT2D eigenvalue weighted by molar-refractivity contribution is 0.858. The van der Waals surface area contributed by atoms with Crippen molar-refractivity contribution in [2.75, 3.05) is 0 Å². The van der Waals surface area contributed by atoms with Gasteiger partial charge in [0.2, 0.25) is 0 Å². The first-order valence-corrected chi connectivity index (χ1v) is 6.22. The van der Waals surface area contributed by atoms with Gasteiger partial charge in [-0.2, -0.15) is 10.2 Å². The van der Waals surface area contributed by atoms with Gasteiger partial charge < -0.3 is 0 Å². The van der Waals surface area contributed by atoms with Crippen LogP contribution in [0.2, 0.25) is 0 Å². The largest absolute Gasteiger partial charge is 0.234 e. The second-order valence-corrected chi connectivity index (χ2v) is 4.53. The number of aryl methyl sites for hydroxylation is 1. The predicted octanol–water partition coefficient (Wildman–Crippen LogP) is 2.39. The van der Waals surface area contributed by atoms with E-state index in [-0.39, 0.29) is 0 Å². The Bertz CT molecular complexity index is 650. The van der Waals surface area contributed by atoms with Crippen LogP contribution in [0.5, 0.6) is 0 Å². The molecule has 18 heavy (non-hydrogen) atoms. The summed E-state index contributed by atoms with van der Waals surface area (Å²) in [4.78, 5) is 4.36. The van der Waals surface area contributed by atoms with Crippen LogP contribution < -0.4 is 0 Å². The van der Waals surface area contributed by atoms with E-state index in [1.54, 1.807) is 0 Å². The molecule has 0 saturated carbocycles. The van der Waals surface area contributed by atoms with Crippen molar-refractivity contribution in [3.8, 4) is 0 Å². The number of rotatable bonds is 3. The number of aromatic nitrogens is 3. The average Bonchev–Trinajstić information content (AvgIpc) is 2.98. The van der Waals surface area contributed by atoms with E-state index in [0.717, 1.165) is 41.9 Å². The number of hydrogen-bond donors (Lipinski definition) is 0. The van der Waals surface area contributed by atoms with E-state index in [0.29, 0.717) is 5.82 Å². The van der Waals surface area contributed by atoms with Crippen LogP contribution in [0.3, 0.4) is 0 Å². The molecule has 0 unspecified atom stereocenters. The van der Waals surface area contributed by atoms with Crippen LogP contribution in [0, 0.1) is 6.92 Å². The van der Waals surface area contributed by atoms with Gasteiger partial charge >= 0.3 is 0 Å². The molecule has 5 nitrogen and oxygen atoms in total. The average molecular weight is 241 g/mol. The Kier molecular flexibility index (Phi) is 2.66. The molecule has 1 aliphatic rings. The van der Waals surface area contributed by atoms with E-state index in [9.17, 15) is 0 Å². The quantitative estimate of drug-likeness (QED) is 0.828. The molecule has 0 amide bonds. The zero-order chi connectivity index (χ0) is 12.5. The highest BCUT2D eigenvalue weighted by Gasteiger charge is 2.16. The molecule has 3 heterocycles. The monoisotopic (exact) mass is 241 g/mol. The lowest BCUT2D eigenvalue weighted by Gasteiger charge is -2.01. The van der Waals surface area contributed by atoms with E-state index in [1.807, 2.05) is 29.8 Å². The summed E-state index contributed by atoms with van der Waals surface area (Å²) in [6, 6.07) is 4.04. The molecule has 0 atom stereocenters. The Hall–Kier alpha value is -2.04. The van der Waals surface area contributed by atoms with E-state index in [4.69, 9.17) is 0 Å². The Morgan fingerprint density at radius 2 is 2.17 bits per heavy atom. The van der Waals surface area contributed by atoms with Crippen molar-refractivity contribution in [2.45, 2.75) is 33.1 Å². The maximum absolute atomic E-state index is 4.51. The van der Waals surface area contributed by atoms with Crippen LogP contribution >= 0.6 is 0 Å². The molecular formula is C13H15N5. The fourth-order valence-corrected chi connectivity index (χ4v) is 2.11. The summed E-state index contributed by atoms with van der Waals surface area (Å²) in [6.45, 7) is 4.17. The van der Waals surface area contributed by atoms with Crippen LogP contribution in [-0.2, 0) is 0 Å². The van der Waals surface area contributed by atoms with Gasteiger partial charge in [0, 0.05) is 17.8 Å². The van der Waals surface area contributed by atoms with Gasteiger partial charge in [-0.05, 0) is 25.5 Å². The Morgan fingerprint density at radius 1 is 1.28 bits per heavy atom. The fourth-order valence-electron chi connectivity index (χ4n) is 2.11. The second-order valence-electron chi connectivity index (χ2n) is 4.53. The molecule has 5 heteroatoms.